The van der Waals surface area contributed by atoms with Crippen LogP contribution in [0.25, 0.3) is 21.8 Å². The number of H-pyrrole nitrogens is 2. The molecule has 2 fully saturated rings. The molecule has 2 amide bonds. The Labute approximate surface area is 413 Å². The minimum absolute atomic E-state index is 0.0248. The Balaban J connectivity index is 0.000000262. The van der Waals surface area contributed by atoms with Crippen LogP contribution in [0.3, 0.4) is 0 Å². The van der Waals surface area contributed by atoms with E-state index in [0.29, 0.717) is 42.4 Å². The van der Waals surface area contributed by atoms with Gasteiger partial charge in [0, 0.05) is 52.9 Å². The molecule has 2 aliphatic rings. The first-order chi connectivity index (χ1) is 32.0. The second-order valence-corrected chi connectivity index (χ2v) is 32.8. The predicted octanol–water partition coefficient (Wildman–Crippen LogP) is 12.6. The highest BCUT2D eigenvalue weighted by atomic mass is 28.4. The highest BCUT2D eigenvalue weighted by Gasteiger charge is 2.49. The number of carbonyl (C=O) groups excluding carboxylic acids is 2. The second-order valence-electron chi connectivity index (χ2n) is 23.3. The SMILES string of the molecule is CC(C)(C)OC(=O)N1C[C@H](O[Si](C)(C)C(C)(C)C)C[C@H]1/C=C/[N+](=O)[O-].CC(C)(C)OC(=O)N1C[C@H](O[Si](C)(C)C(C)(C)C)C[C@H]1C(C[N+](=O)[O-])c1c[nH]c2cc(F)ccc12.Fc1ccc2cc[nH]c2c1. The normalized spacial score (nSPS) is 19.7. The molecule has 4 heterocycles. The van der Waals surface area contributed by atoms with Gasteiger partial charge in [-0.25, -0.2) is 18.4 Å². The number of benzene rings is 2. The second kappa shape index (κ2) is 22.1. The topological polar surface area (TPSA) is 195 Å². The zero-order valence-electron chi connectivity index (χ0n) is 43.9. The molecule has 1 unspecified atom stereocenters. The molecule has 388 valence electrons. The number of hydrogen-bond donors (Lipinski definition) is 2. The number of likely N-dealkylation sites (tertiary alicyclic amines) is 2. The molecule has 5 atom stereocenters. The number of aromatic nitrogens is 2. The fourth-order valence-corrected chi connectivity index (χ4v) is 10.6. The maximum atomic E-state index is 13.8. The minimum atomic E-state index is -2.15. The number of ether oxygens (including phenoxy) is 2. The number of rotatable bonds is 10. The van der Waals surface area contributed by atoms with Crippen LogP contribution >= 0.6 is 0 Å². The number of fused-ring (bicyclic) bond motifs is 2. The predicted molar refractivity (Wildman–Crippen MR) is 274 cm³/mol. The number of nitrogens with one attached hydrogen (secondary N) is 2. The molecule has 20 heteroatoms. The fraction of sp³-hybridized carbons (Fsp3) is 0.600. The van der Waals surface area contributed by atoms with Gasteiger partial charge in [0.15, 0.2) is 16.6 Å². The van der Waals surface area contributed by atoms with Gasteiger partial charge in [-0.1, -0.05) is 41.5 Å². The maximum absolute atomic E-state index is 13.8. The Hall–Kier alpha value is -5.19. The average molecular weight is 1020 g/mol. The molecule has 2 aromatic carbocycles. The number of aromatic amines is 2. The summed E-state index contributed by atoms with van der Waals surface area (Å²) >= 11 is 0. The summed E-state index contributed by atoms with van der Waals surface area (Å²) in [5.41, 5.74) is 0.761. The molecular formula is C50H76F2N6O10Si2. The van der Waals surface area contributed by atoms with E-state index in [-0.39, 0.29) is 39.6 Å². The summed E-state index contributed by atoms with van der Waals surface area (Å²) in [5.74, 6) is -1.21. The van der Waals surface area contributed by atoms with E-state index in [0.717, 1.165) is 17.1 Å². The average Bonchev–Trinajstić information content (AvgIpc) is 4.00. The Morgan fingerprint density at radius 1 is 0.743 bits per heavy atom. The van der Waals surface area contributed by atoms with Gasteiger partial charge in [-0.15, -0.1) is 0 Å². The summed E-state index contributed by atoms with van der Waals surface area (Å²) < 4.78 is 50.4. The summed E-state index contributed by atoms with van der Waals surface area (Å²) in [6.45, 7) is 32.6. The van der Waals surface area contributed by atoms with E-state index in [1.54, 1.807) is 71.0 Å². The molecule has 0 radical (unpaired) electrons. The molecule has 2 N–H and O–H groups in total. The number of amides is 2. The van der Waals surface area contributed by atoms with Crippen molar-refractivity contribution in [2.45, 2.75) is 174 Å². The van der Waals surface area contributed by atoms with Crippen molar-refractivity contribution in [2.24, 2.45) is 0 Å². The summed E-state index contributed by atoms with van der Waals surface area (Å²) in [7, 11) is -4.15. The van der Waals surface area contributed by atoms with E-state index in [2.05, 4.69) is 77.7 Å². The summed E-state index contributed by atoms with van der Waals surface area (Å²) in [6.07, 6.45) is 5.43. The van der Waals surface area contributed by atoms with Crippen molar-refractivity contribution in [2.75, 3.05) is 19.6 Å². The Bertz CT molecular complexity index is 2480. The lowest BCUT2D eigenvalue weighted by molar-refractivity contribution is -0.484. The molecule has 16 nitrogen and oxygen atoms in total. The molecule has 0 bridgehead atoms. The monoisotopic (exact) mass is 1010 g/mol. The Kier molecular flexibility index (Phi) is 18.1. The standard InChI is InChI=1S/C25H38FN3O5Si.C17H32N2O5Si.C8H6FN/c1-24(2,3)33-23(30)28-14-17(34-35(7,8)25(4,5)6)12-22(28)20(15-29(31)32)19-13-27-21-11-16(26)9-10-18(19)21;1-16(2,3)23-15(20)18-12-14(11-13(18)9-10-19(21)22)24-25(7,8)17(4,5)6;9-7-2-1-6-3-4-10-8(6)5-7/h9-11,13,17,20,22,27H,12,14-15H2,1-8H3;9-10,13-14H,11-12H2,1-8H3;1-5,10H/b;10-9+;/t17-,20?,22+;13-,14-;/m11./s1. The van der Waals surface area contributed by atoms with Crippen molar-refractivity contribution >= 4 is 50.6 Å². The van der Waals surface area contributed by atoms with Crippen molar-refractivity contribution in [3.63, 3.8) is 0 Å². The van der Waals surface area contributed by atoms with Crippen LogP contribution in [0.2, 0.25) is 36.3 Å². The number of nitrogens with zero attached hydrogens (tertiary/aromatic N) is 4. The first kappa shape index (κ1) is 57.4. The molecule has 2 aromatic heterocycles. The summed E-state index contributed by atoms with van der Waals surface area (Å²) in [4.78, 5) is 56.4. The van der Waals surface area contributed by atoms with Crippen LogP contribution in [-0.4, -0.2) is 114 Å². The summed E-state index contributed by atoms with van der Waals surface area (Å²) in [5, 5.41) is 24.2. The fourth-order valence-electron chi connectivity index (χ4n) is 7.84. The van der Waals surface area contributed by atoms with Gasteiger partial charge in [0.2, 0.25) is 12.7 Å². The van der Waals surface area contributed by atoms with E-state index >= 15 is 0 Å². The highest BCUT2D eigenvalue weighted by Crippen LogP contribution is 2.43. The van der Waals surface area contributed by atoms with Crippen molar-refractivity contribution in [1.82, 2.24) is 19.8 Å². The van der Waals surface area contributed by atoms with E-state index in [4.69, 9.17) is 18.3 Å². The molecule has 70 heavy (non-hydrogen) atoms. The van der Waals surface area contributed by atoms with Crippen LogP contribution in [0.1, 0.15) is 107 Å². The van der Waals surface area contributed by atoms with Gasteiger partial charge >= 0.3 is 12.2 Å². The van der Waals surface area contributed by atoms with E-state index < -0.39 is 68.8 Å². The number of nitro groups is 2. The molecule has 0 aliphatic carbocycles. The lowest BCUT2D eigenvalue weighted by atomic mass is 9.89. The van der Waals surface area contributed by atoms with Gasteiger partial charge in [0.1, 0.15) is 22.8 Å². The molecule has 2 aliphatic heterocycles. The zero-order valence-corrected chi connectivity index (χ0v) is 45.9. The smallest absolute Gasteiger partial charge is 0.410 e. The van der Waals surface area contributed by atoms with E-state index in [9.17, 15) is 38.6 Å². The van der Waals surface area contributed by atoms with Crippen LogP contribution in [-0.2, 0) is 18.3 Å². The largest absolute Gasteiger partial charge is 0.444 e. The van der Waals surface area contributed by atoms with Crippen LogP contribution in [0.4, 0.5) is 18.4 Å². The van der Waals surface area contributed by atoms with Crippen molar-refractivity contribution < 1.29 is 46.5 Å². The Morgan fingerprint density at radius 2 is 1.24 bits per heavy atom. The van der Waals surface area contributed by atoms with Crippen LogP contribution in [0, 0.1) is 31.9 Å². The van der Waals surface area contributed by atoms with Crippen LogP contribution < -0.4 is 0 Å². The summed E-state index contributed by atoms with van der Waals surface area (Å²) in [6, 6.07) is 10.0. The zero-order chi connectivity index (χ0) is 52.9. The van der Waals surface area contributed by atoms with Crippen LogP contribution in [0.5, 0.6) is 0 Å². The maximum Gasteiger partial charge on any atom is 0.410 e. The minimum Gasteiger partial charge on any atom is -0.444 e. The van der Waals surface area contributed by atoms with Gasteiger partial charge in [-0.3, -0.25) is 25.1 Å². The molecule has 0 spiro atoms. The molecule has 4 aromatic rings. The van der Waals surface area contributed by atoms with Crippen LogP contribution in [0.15, 0.2) is 67.1 Å². The van der Waals surface area contributed by atoms with Crippen molar-refractivity contribution in [3.05, 3.63) is 105 Å². The van der Waals surface area contributed by atoms with E-state index in [1.165, 1.54) is 35.2 Å². The third kappa shape index (κ3) is 15.9. The van der Waals surface area contributed by atoms with Gasteiger partial charge in [0.25, 0.3) is 0 Å². The molecule has 0 saturated carbocycles. The lowest BCUT2D eigenvalue weighted by Gasteiger charge is -2.38. The highest BCUT2D eigenvalue weighted by molar-refractivity contribution is 6.74. The first-order valence-electron chi connectivity index (χ1n) is 23.7. The molecular weight excluding hydrogens is 939 g/mol. The number of carbonyl (C=O) groups is 2. The van der Waals surface area contributed by atoms with Gasteiger partial charge in [-0.2, -0.15) is 0 Å². The third-order valence-corrected chi connectivity index (χ3v) is 22.3. The first-order valence-corrected chi connectivity index (χ1v) is 29.6. The van der Waals surface area contributed by atoms with E-state index in [1.807, 2.05) is 6.07 Å². The van der Waals surface area contributed by atoms with Crippen molar-refractivity contribution in [1.29, 1.82) is 0 Å². The number of hydrogen-bond acceptors (Lipinski definition) is 10. The van der Waals surface area contributed by atoms with Gasteiger partial charge in [-0.05, 0) is 144 Å². The quantitative estimate of drug-likeness (QED) is 0.0876. The Morgan fingerprint density at radius 3 is 1.76 bits per heavy atom. The molecule has 6 rings (SSSR count). The lowest BCUT2D eigenvalue weighted by Crippen LogP contribution is -2.45. The van der Waals surface area contributed by atoms with Crippen molar-refractivity contribution in [3.8, 4) is 0 Å². The van der Waals surface area contributed by atoms with Gasteiger partial charge < -0.3 is 33.2 Å². The van der Waals surface area contributed by atoms with Gasteiger partial charge in [0.05, 0.1) is 35.1 Å². The number of halogens is 2. The molecule has 2 saturated heterocycles. The third-order valence-electron chi connectivity index (χ3n) is 13.2.